The summed E-state index contributed by atoms with van der Waals surface area (Å²) in [4.78, 5) is 22.4. The lowest BCUT2D eigenvalue weighted by atomic mass is 10.7. The maximum Gasteiger partial charge on any atom is 0.360 e. The molecule has 0 aliphatic rings. The van der Waals surface area contributed by atoms with E-state index in [9.17, 15) is 18.7 Å². The van der Waals surface area contributed by atoms with Crippen molar-refractivity contribution in [1.82, 2.24) is 0 Å². The monoisotopic (exact) mass is 286 g/mol. The fraction of sp³-hybridized carbons (Fsp3) is 0.750. The Morgan fingerprint density at radius 2 is 1.65 bits per heavy atom. The Morgan fingerprint density at radius 1 is 1.18 bits per heavy atom. The zero-order valence-corrected chi connectivity index (χ0v) is 11.9. The molecule has 17 heavy (non-hydrogen) atoms. The van der Waals surface area contributed by atoms with Crippen molar-refractivity contribution in [2.45, 2.75) is 5.85 Å². The van der Waals surface area contributed by atoms with Crippen LogP contribution in [0.15, 0.2) is 0 Å². The minimum atomic E-state index is -3.13. The minimum absolute atomic E-state index is 0.945. The molecule has 1 unspecified atom stereocenters. The van der Waals surface area contributed by atoms with Crippen molar-refractivity contribution in [3.8, 4) is 0 Å². The Morgan fingerprint density at radius 3 is 1.94 bits per heavy atom. The summed E-state index contributed by atoms with van der Waals surface area (Å²) >= 11 is 0. The van der Waals surface area contributed by atoms with E-state index >= 15 is 0 Å². The molecule has 0 saturated heterocycles. The van der Waals surface area contributed by atoms with Gasteiger partial charge in [-0.2, -0.15) is 0 Å². The van der Waals surface area contributed by atoms with Crippen LogP contribution in [0.1, 0.15) is 0 Å². The highest BCUT2D eigenvalue weighted by Gasteiger charge is 2.37. The van der Waals surface area contributed by atoms with E-state index < -0.39 is 38.9 Å². The number of esters is 1. The van der Waals surface area contributed by atoms with Crippen LogP contribution in [0.4, 0.5) is 0 Å². The van der Waals surface area contributed by atoms with E-state index in [0.29, 0.717) is 0 Å². The first-order chi connectivity index (χ1) is 7.47. The molecule has 0 bridgehead atoms. The number of ether oxygens (including phenoxy) is 1. The van der Waals surface area contributed by atoms with Crippen molar-refractivity contribution in [1.29, 1.82) is 0 Å². The van der Waals surface area contributed by atoms with Gasteiger partial charge in [0.2, 0.25) is 13.2 Å². The summed E-state index contributed by atoms with van der Waals surface area (Å²) in [5.74, 6) is -3.87. The largest absolute Gasteiger partial charge is 0.441 e. The van der Waals surface area contributed by atoms with Crippen molar-refractivity contribution in [2.75, 3.05) is 33.3 Å². The van der Waals surface area contributed by atoms with Crippen LogP contribution in [0.25, 0.3) is 0 Å². The molecule has 0 fully saturated rings. The Balaban J connectivity index is 4.95. The molecule has 0 heterocycles. The zero-order chi connectivity index (χ0) is 13.9. The van der Waals surface area contributed by atoms with Crippen LogP contribution in [0.5, 0.6) is 0 Å². The first-order valence-electron chi connectivity index (χ1n) is 4.61. The van der Waals surface area contributed by atoms with Gasteiger partial charge in [-0.1, -0.05) is 0 Å². The summed E-state index contributed by atoms with van der Waals surface area (Å²) in [6.07, 6.45) is 0. The Bertz CT molecular complexity index is 391. The minimum Gasteiger partial charge on any atom is -0.441 e. The van der Waals surface area contributed by atoms with Crippen LogP contribution in [-0.4, -0.2) is 56.2 Å². The lowest BCUT2D eigenvalue weighted by Crippen LogP contribution is -2.29. The Labute approximate surface area is 99.3 Å². The Kier molecular flexibility index (Phi) is 5.59. The lowest BCUT2D eigenvalue weighted by molar-refractivity contribution is -0.158. The molecular weight excluding hydrogens is 270 g/mol. The first kappa shape index (κ1) is 16.4. The summed E-state index contributed by atoms with van der Waals surface area (Å²) in [5.41, 5.74) is 0. The van der Waals surface area contributed by atoms with Crippen molar-refractivity contribution < 1.29 is 33.1 Å². The van der Waals surface area contributed by atoms with Gasteiger partial charge in [-0.3, -0.25) is 4.57 Å². The summed E-state index contributed by atoms with van der Waals surface area (Å²) in [6, 6.07) is 0. The van der Waals surface area contributed by atoms with Gasteiger partial charge in [0.15, 0.2) is 0 Å². The molecule has 0 aliphatic heterocycles. The van der Waals surface area contributed by atoms with Crippen molar-refractivity contribution >= 4 is 26.4 Å². The molecule has 0 aromatic rings. The van der Waals surface area contributed by atoms with E-state index in [1.807, 2.05) is 0 Å². The third-order valence-electron chi connectivity index (χ3n) is 1.45. The second kappa shape index (κ2) is 5.80. The smallest absolute Gasteiger partial charge is 0.360 e. The van der Waals surface area contributed by atoms with Crippen LogP contribution >= 0.6 is 14.5 Å². The molecule has 0 aromatic heterocycles. The number of hydrogen-bond donors (Lipinski definition) is 1. The topological polar surface area (TPSA) is 107 Å². The highest BCUT2D eigenvalue weighted by atomic mass is 31.2. The molecule has 0 radical (unpaired) electrons. The third kappa shape index (κ3) is 6.61. The number of aliphatic hydroxyl groups is 1. The van der Waals surface area contributed by atoms with Crippen molar-refractivity contribution in [3.63, 3.8) is 0 Å². The van der Waals surface area contributed by atoms with E-state index in [1.165, 1.54) is 26.7 Å². The lowest BCUT2D eigenvalue weighted by Gasteiger charge is -2.20. The van der Waals surface area contributed by atoms with E-state index in [-0.39, 0.29) is 0 Å². The maximum absolute atomic E-state index is 11.7. The highest BCUT2D eigenvalue weighted by molar-refractivity contribution is 7.64. The van der Waals surface area contributed by atoms with Gasteiger partial charge in [0.1, 0.15) is 13.7 Å². The number of rotatable bonds is 5. The number of carbonyl (C=O) groups is 2. The number of hydrogen-bond acceptors (Lipinski definition) is 7. The molecule has 7 nitrogen and oxygen atoms in total. The van der Waals surface area contributed by atoms with Gasteiger partial charge in [-0.25, -0.2) is 9.59 Å². The quantitative estimate of drug-likeness (QED) is 0.581. The van der Waals surface area contributed by atoms with Gasteiger partial charge >= 0.3 is 11.9 Å². The molecule has 1 N–H and O–H groups in total. The second-order valence-corrected chi connectivity index (χ2v) is 10.1. The van der Waals surface area contributed by atoms with E-state index in [4.69, 9.17) is 5.11 Å². The Hall–Kier alpha value is -0.640. The molecule has 9 heteroatoms. The van der Waals surface area contributed by atoms with Crippen molar-refractivity contribution in [3.05, 3.63) is 0 Å². The number of aliphatic hydroxyl groups excluding tert-OH is 1. The molecule has 0 rings (SSSR count). The SMILES string of the molecule is CP(C)(=O)OC(=O)C(OC(=O)CO)P(C)(C)=O. The van der Waals surface area contributed by atoms with Crippen LogP contribution in [-0.2, 0) is 28.0 Å². The van der Waals surface area contributed by atoms with Crippen LogP contribution in [0.2, 0.25) is 0 Å². The fourth-order valence-electron chi connectivity index (χ4n) is 0.852. The van der Waals surface area contributed by atoms with E-state index in [0.717, 1.165) is 0 Å². The first-order valence-corrected chi connectivity index (χ1v) is 9.79. The van der Waals surface area contributed by atoms with Gasteiger partial charge in [-0.05, 0) is 13.3 Å². The summed E-state index contributed by atoms with van der Waals surface area (Å²) in [5, 5.41) is 8.49. The molecule has 100 valence electrons. The average molecular weight is 286 g/mol. The molecule has 0 spiro atoms. The predicted octanol–water partition coefficient (Wildman–Crippen LogP) is 0.552. The molecule has 0 aliphatic carbocycles. The standard InChI is InChI=1S/C8H16O7P2/c1-16(2,12)8(14-6(10)5-9)7(11)15-17(3,4)13/h8-9H,5H2,1-4H3. The van der Waals surface area contributed by atoms with Crippen LogP contribution < -0.4 is 0 Å². The average Bonchev–Trinajstić information content (AvgIpc) is 2.08. The van der Waals surface area contributed by atoms with E-state index in [1.54, 1.807) is 0 Å². The molecular formula is C8H16O7P2. The van der Waals surface area contributed by atoms with Gasteiger partial charge in [-0.15, -0.1) is 0 Å². The van der Waals surface area contributed by atoms with E-state index in [2.05, 4.69) is 9.26 Å². The van der Waals surface area contributed by atoms with Crippen LogP contribution in [0, 0.1) is 0 Å². The predicted molar refractivity (Wildman–Crippen MR) is 62.0 cm³/mol. The normalized spacial score (nSPS) is 13.9. The number of carbonyl (C=O) groups excluding carboxylic acids is 2. The molecule has 1 atom stereocenters. The van der Waals surface area contributed by atoms with Crippen molar-refractivity contribution in [2.24, 2.45) is 0 Å². The van der Waals surface area contributed by atoms with Gasteiger partial charge < -0.3 is 18.9 Å². The van der Waals surface area contributed by atoms with Gasteiger partial charge in [0.05, 0.1) is 0 Å². The molecule has 0 amide bonds. The highest BCUT2D eigenvalue weighted by Crippen LogP contribution is 2.47. The third-order valence-corrected chi connectivity index (χ3v) is 3.51. The molecule has 0 aromatic carbocycles. The molecule has 0 saturated carbocycles. The van der Waals surface area contributed by atoms with Gasteiger partial charge in [0, 0.05) is 13.3 Å². The fourth-order valence-corrected chi connectivity index (χ4v) is 2.40. The van der Waals surface area contributed by atoms with Gasteiger partial charge in [0.25, 0.3) is 0 Å². The second-order valence-electron chi connectivity index (χ2n) is 4.10. The zero-order valence-electron chi connectivity index (χ0n) is 10.1. The summed E-state index contributed by atoms with van der Waals surface area (Å²) in [7, 11) is -6.26. The summed E-state index contributed by atoms with van der Waals surface area (Å²) < 4.78 is 32.1. The van der Waals surface area contributed by atoms with Crippen LogP contribution in [0.3, 0.4) is 0 Å². The summed E-state index contributed by atoms with van der Waals surface area (Å²) in [6.45, 7) is 3.90. The maximum atomic E-state index is 11.7.